The van der Waals surface area contributed by atoms with Gasteiger partial charge in [0.25, 0.3) is 0 Å². The number of fused-ring (bicyclic) bond motifs is 1. The number of imidazole rings is 1. The predicted molar refractivity (Wildman–Crippen MR) is 104 cm³/mol. The van der Waals surface area contributed by atoms with Gasteiger partial charge in [-0.25, -0.2) is 9.59 Å². The van der Waals surface area contributed by atoms with E-state index in [1.807, 2.05) is 28.5 Å². The minimum atomic E-state index is -0.199. The van der Waals surface area contributed by atoms with Gasteiger partial charge in [0.1, 0.15) is 0 Å². The van der Waals surface area contributed by atoms with Crippen LogP contribution in [-0.2, 0) is 4.74 Å². The molecule has 0 aliphatic carbocycles. The zero-order valence-corrected chi connectivity index (χ0v) is 16.1. The third-order valence-electron chi connectivity index (χ3n) is 5.94. The van der Waals surface area contributed by atoms with Crippen molar-refractivity contribution in [3.8, 4) is 0 Å². The van der Waals surface area contributed by atoms with Gasteiger partial charge in [0, 0.05) is 38.3 Å². The Hall–Kier alpha value is -2.28. The van der Waals surface area contributed by atoms with Crippen molar-refractivity contribution >= 4 is 17.1 Å². The van der Waals surface area contributed by atoms with E-state index in [1.165, 1.54) is 0 Å². The molecule has 2 aliphatic rings. The molecule has 7 nitrogen and oxygen atoms in total. The molecule has 2 saturated heterocycles. The van der Waals surface area contributed by atoms with Gasteiger partial charge in [-0.1, -0.05) is 6.07 Å². The summed E-state index contributed by atoms with van der Waals surface area (Å²) in [6.07, 6.45) is 2.71. The van der Waals surface area contributed by atoms with Crippen LogP contribution in [0.3, 0.4) is 0 Å². The first kappa shape index (κ1) is 18.1. The van der Waals surface area contributed by atoms with Gasteiger partial charge in [-0.15, -0.1) is 0 Å². The number of nitrogens with one attached hydrogen (secondary N) is 1. The molecule has 4 rings (SSSR count). The van der Waals surface area contributed by atoms with Crippen LogP contribution in [0.25, 0.3) is 11.0 Å². The van der Waals surface area contributed by atoms with E-state index in [9.17, 15) is 9.59 Å². The molecule has 27 heavy (non-hydrogen) atoms. The standard InChI is InChI=1S/C20H28N4O3/c1-3-27-20(26)23-11-8-16(13-23)22-9-6-15(7-10-22)24-18-12-14(2)4-5-17(18)21-19(24)25/h4-5,12,15-16H,3,6-11,13H2,1-2H3,(H,21,25)/t16-/m0/s1. The van der Waals surface area contributed by atoms with Gasteiger partial charge in [-0.3, -0.25) is 9.47 Å². The number of aromatic nitrogens is 2. The molecule has 3 heterocycles. The Morgan fingerprint density at radius 3 is 2.67 bits per heavy atom. The summed E-state index contributed by atoms with van der Waals surface area (Å²) in [5.74, 6) is 0. The smallest absolute Gasteiger partial charge is 0.409 e. The van der Waals surface area contributed by atoms with Gasteiger partial charge in [0.05, 0.1) is 17.6 Å². The molecule has 2 aliphatic heterocycles. The highest BCUT2D eigenvalue weighted by Gasteiger charge is 2.33. The number of rotatable bonds is 3. The van der Waals surface area contributed by atoms with E-state index in [1.54, 1.807) is 0 Å². The summed E-state index contributed by atoms with van der Waals surface area (Å²) < 4.78 is 7.06. The fourth-order valence-corrected chi connectivity index (χ4v) is 4.52. The molecule has 1 N–H and O–H groups in total. The number of hydrogen-bond acceptors (Lipinski definition) is 4. The molecule has 1 atom stereocenters. The number of benzene rings is 1. The maximum atomic E-state index is 12.5. The van der Waals surface area contributed by atoms with E-state index < -0.39 is 0 Å². The number of aromatic amines is 1. The van der Waals surface area contributed by atoms with E-state index in [4.69, 9.17) is 4.74 Å². The first-order valence-corrected chi connectivity index (χ1v) is 9.93. The molecule has 0 spiro atoms. The lowest BCUT2D eigenvalue weighted by Crippen LogP contribution is -2.44. The van der Waals surface area contributed by atoms with Crippen LogP contribution >= 0.6 is 0 Å². The van der Waals surface area contributed by atoms with Crippen molar-refractivity contribution in [2.45, 2.75) is 45.2 Å². The number of likely N-dealkylation sites (tertiary alicyclic amines) is 2. The highest BCUT2D eigenvalue weighted by atomic mass is 16.6. The zero-order valence-electron chi connectivity index (χ0n) is 16.1. The molecule has 0 saturated carbocycles. The van der Waals surface area contributed by atoms with Crippen LogP contribution in [0.2, 0.25) is 0 Å². The van der Waals surface area contributed by atoms with Crippen LogP contribution in [0, 0.1) is 6.92 Å². The third kappa shape index (κ3) is 3.48. The van der Waals surface area contributed by atoms with E-state index in [0.29, 0.717) is 12.6 Å². The summed E-state index contributed by atoms with van der Waals surface area (Å²) in [5, 5.41) is 0. The normalized spacial score (nSPS) is 21.9. The SMILES string of the molecule is CCOC(=O)N1CC[C@H](N2CCC(n3c(=O)[nH]c4ccc(C)cc43)CC2)C1. The van der Waals surface area contributed by atoms with Crippen molar-refractivity contribution in [2.24, 2.45) is 0 Å². The summed E-state index contributed by atoms with van der Waals surface area (Å²) in [6.45, 7) is 7.74. The number of piperidine rings is 1. The maximum Gasteiger partial charge on any atom is 0.409 e. The minimum Gasteiger partial charge on any atom is -0.450 e. The van der Waals surface area contributed by atoms with E-state index in [2.05, 4.69) is 22.9 Å². The molecule has 1 aromatic heterocycles. The lowest BCUT2D eigenvalue weighted by atomic mass is 10.0. The maximum absolute atomic E-state index is 12.5. The summed E-state index contributed by atoms with van der Waals surface area (Å²) in [5.41, 5.74) is 3.07. The van der Waals surface area contributed by atoms with Crippen LogP contribution in [0.1, 0.15) is 37.8 Å². The van der Waals surface area contributed by atoms with Gasteiger partial charge >= 0.3 is 11.8 Å². The van der Waals surface area contributed by atoms with Crippen LogP contribution in [0.4, 0.5) is 4.79 Å². The van der Waals surface area contributed by atoms with Crippen LogP contribution in [-0.4, -0.2) is 64.3 Å². The van der Waals surface area contributed by atoms with E-state index >= 15 is 0 Å². The Morgan fingerprint density at radius 1 is 1.19 bits per heavy atom. The monoisotopic (exact) mass is 372 g/mol. The molecular weight excluding hydrogens is 344 g/mol. The topological polar surface area (TPSA) is 70.6 Å². The predicted octanol–water partition coefficient (Wildman–Crippen LogP) is 2.51. The molecule has 2 fully saturated rings. The second-order valence-corrected chi connectivity index (χ2v) is 7.68. The summed E-state index contributed by atoms with van der Waals surface area (Å²) >= 11 is 0. The van der Waals surface area contributed by atoms with Crippen molar-refractivity contribution < 1.29 is 9.53 Å². The fraction of sp³-hybridized carbons (Fsp3) is 0.600. The average molecular weight is 372 g/mol. The summed E-state index contributed by atoms with van der Waals surface area (Å²) in [7, 11) is 0. The minimum absolute atomic E-state index is 0.0107. The summed E-state index contributed by atoms with van der Waals surface area (Å²) in [4.78, 5) is 31.7. The number of amides is 1. The molecule has 2 aromatic rings. The molecule has 0 bridgehead atoms. The van der Waals surface area contributed by atoms with Crippen molar-refractivity contribution in [1.29, 1.82) is 0 Å². The molecule has 7 heteroatoms. The van der Waals surface area contributed by atoms with Crippen LogP contribution in [0.5, 0.6) is 0 Å². The highest BCUT2D eigenvalue weighted by Crippen LogP contribution is 2.28. The summed E-state index contributed by atoms with van der Waals surface area (Å²) in [6, 6.07) is 6.73. The third-order valence-corrected chi connectivity index (χ3v) is 5.94. The Bertz CT molecular complexity index is 879. The second-order valence-electron chi connectivity index (χ2n) is 7.68. The first-order chi connectivity index (χ1) is 13.1. The van der Waals surface area contributed by atoms with E-state index in [-0.39, 0.29) is 17.8 Å². The first-order valence-electron chi connectivity index (χ1n) is 9.93. The molecule has 1 aromatic carbocycles. The van der Waals surface area contributed by atoms with Crippen molar-refractivity contribution in [1.82, 2.24) is 19.4 Å². The lowest BCUT2D eigenvalue weighted by molar-refractivity contribution is 0.105. The van der Waals surface area contributed by atoms with Crippen molar-refractivity contribution in [3.63, 3.8) is 0 Å². The molecule has 1 amide bonds. The van der Waals surface area contributed by atoms with E-state index in [0.717, 1.165) is 62.0 Å². The van der Waals surface area contributed by atoms with Crippen molar-refractivity contribution in [2.75, 3.05) is 32.8 Å². The lowest BCUT2D eigenvalue weighted by Gasteiger charge is -2.36. The van der Waals surface area contributed by atoms with Gasteiger partial charge in [0.2, 0.25) is 0 Å². The number of ether oxygens (including phenoxy) is 1. The largest absolute Gasteiger partial charge is 0.450 e. The number of hydrogen-bond donors (Lipinski definition) is 1. The number of nitrogens with zero attached hydrogens (tertiary/aromatic N) is 3. The zero-order chi connectivity index (χ0) is 19.0. The average Bonchev–Trinajstić information content (AvgIpc) is 3.26. The van der Waals surface area contributed by atoms with Crippen molar-refractivity contribution in [3.05, 3.63) is 34.2 Å². The Morgan fingerprint density at radius 2 is 1.93 bits per heavy atom. The number of aryl methyl sites for hydroxylation is 1. The van der Waals surface area contributed by atoms with Gasteiger partial charge in [0.15, 0.2) is 0 Å². The highest BCUT2D eigenvalue weighted by molar-refractivity contribution is 5.76. The quantitative estimate of drug-likeness (QED) is 0.899. The number of H-pyrrole nitrogens is 1. The fourth-order valence-electron chi connectivity index (χ4n) is 4.52. The molecular formula is C20H28N4O3. The number of carbonyl (C=O) groups excluding carboxylic acids is 1. The van der Waals surface area contributed by atoms with Gasteiger partial charge < -0.3 is 14.6 Å². The number of carbonyl (C=O) groups is 1. The second kappa shape index (κ2) is 7.38. The van der Waals surface area contributed by atoms with Crippen LogP contribution < -0.4 is 5.69 Å². The van der Waals surface area contributed by atoms with Crippen LogP contribution in [0.15, 0.2) is 23.0 Å². The molecule has 146 valence electrons. The van der Waals surface area contributed by atoms with Gasteiger partial charge in [-0.2, -0.15) is 0 Å². The Kier molecular flexibility index (Phi) is 4.95. The Balaban J connectivity index is 1.42. The molecule has 0 radical (unpaired) electrons. The van der Waals surface area contributed by atoms with Gasteiger partial charge in [-0.05, 0) is 50.8 Å². The molecule has 0 unspecified atom stereocenters. The Labute approximate surface area is 158 Å².